The molecule has 7 atom stereocenters. The van der Waals surface area contributed by atoms with Crippen LogP contribution in [0.3, 0.4) is 0 Å². The second kappa shape index (κ2) is 13.2. The molecule has 3 aromatic rings. The fourth-order valence-corrected chi connectivity index (χ4v) is 8.67. The number of nitrogens with zero attached hydrogens (tertiary/aromatic N) is 3. The third-order valence-electron chi connectivity index (χ3n) is 9.31. The van der Waals surface area contributed by atoms with Gasteiger partial charge in [0.1, 0.15) is 11.6 Å². The first kappa shape index (κ1) is 32.2. The number of benzene rings is 3. The van der Waals surface area contributed by atoms with Gasteiger partial charge in [0, 0.05) is 23.6 Å². The van der Waals surface area contributed by atoms with Gasteiger partial charge >= 0.3 is 0 Å². The average Bonchev–Trinajstić information content (AvgIpc) is 3.67. The molecule has 3 heterocycles. The predicted octanol–water partition coefficient (Wildman–Crippen LogP) is 5.56. The Morgan fingerprint density at radius 1 is 0.978 bits per heavy atom. The standard InChI is InChI=1S/C36H35BrClN3O5/c1-3-19-39(24-15-9-6-10-16-24)33(43)29-30-34(44)41(28(22-42)23-13-7-5-8-14-23)32(36(30)21-25(37)31(29)46-36)35(45)40(20-4-2)27-18-12-11-17-26(27)38/h3-18,25,28-32,42H,1-2,19-22H2/t25?,28-,29-,30+,31-,32?,36?/m1/s1. The molecular weight excluding hydrogens is 670 g/mol. The van der Waals surface area contributed by atoms with E-state index in [1.54, 1.807) is 41.3 Å². The van der Waals surface area contributed by atoms with Crippen LogP contribution in [-0.2, 0) is 19.1 Å². The lowest BCUT2D eigenvalue weighted by molar-refractivity contribution is -0.144. The van der Waals surface area contributed by atoms with Crippen molar-refractivity contribution in [2.24, 2.45) is 11.8 Å². The summed E-state index contributed by atoms with van der Waals surface area (Å²) in [5.41, 5.74) is 0.426. The van der Waals surface area contributed by atoms with Gasteiger partial charge in [-0.1, -0.05) is 100 Å². The first-order valence-electron chi connectivity index (χ1n) is 15.2. The smallest absolute Gasteiger partial charge is 0.253 e. The minimum atomic E-state index is -1.35. The number of fused-ring (bicyclic) bond motifs is 1. The first-order chi connectivity index (χ1) is 22.3. The van der Waals surface area contributed by atoms with Gasteiger partial charge < -0.3 is 24.5 Å². The normalized spacial score (nSPS) is 26.8. The van der Waals surface area contributed by atoms with Crippen LogP contribution in [0.5, 0.6) is 0 Å². The van der Waals surface area contributed by atoms with Crippen LogP contribution in [0, 0.1) is 11.8 Å². The zero-order chi connectivity index (χ0) is 32.6. The molecule has 3 aliphatic heterocycles. The lowest BCUT2D eigenvalue weighted by Gasteiger charge is -2.39. The van der Waals surface area contributed by atoms with E-state index in [2.05, 4.69) is 29.1 Å². The van der Waals surface area contributed by atoms with E-state index in [9.17, 15) is 14.7 Å². The van der Waals surface area contributed by atoms with Crippen LogP contribution in [0.15, 0.2) is 110 Å². The van der Waals surface area contributed by atoms with Crippen molar-refractivity contribution in [3.63, 3.8) is 0 Å². The van der Waals surface area contributed by atoms with Crippen LogP contribution < -0.4 is 9.80 Å². The number of aliphatic hydroxyl groups is 1. The highest BCUT2D eigenvalue weighted by atomic mass is 79.9. The molecule has 1 N–H and O–H groups in total. The highest BCUT2D eigenvalue weighted by Gasteiger charge is 2.77. The van der Waals surface area contributed by atoms with E-state index < -0.39 is 54.0 Å². The van der Waals surface area contributed by atoms with Crippen molar-refractivity contribution in [3.05, 3.63) is 121 Å². The summed E-state index contributed by atoms with van der Waals surface area (Å²) < 4.78 is 6.78. The highest BCUT2D eigenvalue weighted by molar-refractivity contribution is 9.09. The molecule has 0 saturated carbocycles. The number of anilines is 2. The Morgan fingerprint density at radius 2 is 1.59 bits per heavy atom. The number of hydrogen-bond donors (Lipinski definition) is 1. The van der Waals surface area contributed by atoms with Crippen LogP contribution in [0.25, 0.3) is 0 Å². The van der Waals surface area contributed by atoms with E-state index in [1.165, 1.54) is 9.80 Å². The summed E-state index contributed by atoms with van der Waals surface area (Å²) in [5, 5.41) is 11.2. The Balaban J connectivity index is 1.51. The second-order valence-corrected chi connectivity index (χ2v) is 13.4. The van der Waals surface area contributed by atoms with Crippen LogP contribution in [-0.4, -0.2) is 70.0 Å². The van der Waals surface area contributed by atoms with E-state index in [4.69, 9.17) is 16.3 Å². The molecule has 0 radical (unpaired) electrons. The van der Waals surface area contributed by atoms with Gasteiger partial charge in [0.2, 0.25) is 11.8 Å². The fraction of sp³-hybridized carbons (Fsp3) is 0.306. The lowest BCUT2D eigenvalue weighted by atomic mass is 9.70. The molecule has 10 heteroatoms. The van der Waals surface area contributed by atoms with E-state index in [1.807, 2.05) is 60.7 Å². The zero-order valence-electron chi connectivity index (χ0n) is 25.1. The number of likely N-dealkylation sites (tertiary alicyclic amines) is 1. The van der Waals surface area contributed by atoms with Crippen molar-refractivity contribution in [2.75, 3.05) is 29.5 Å². The van der Waals surface area contributed by atoms with Crippen molar-refractivity contribution >= 4 is 56.6 Å². The van der Waals surface area contributed by atoms with Crippen LogP contribution in [0.2, 0.25) is 5.02 Å². The number of rotatable bonds is 11. The van der Waals surface area contributed by atoms with Gasteiger partial charge in [0.05, 0.1) is 41.3 Å². The number of carbonyl (C=O) groups excluding carboxylic acids is 3. The number of hydrogen-bond acceptors (Lipinski definition) is 5. The predicted molar refractivity (Wildman–Crippen MR) is 182 cm³/mol. The number of para-hydroxylation sites is 2. The Bertz CT molecular complexity index is 1640. The van der Waals surface area contributed by atoms with Crippen molar-refractivity contribution in [3.8, 4) is 0 Å². The summed E-state index contributed by atoms with van der Waals surface area (Å²) >= 11 is 10.4. The molecule has 238 valence electrons. The molecule has 0 aromatic heterocycles. The Labute approximate surface area is 282 Å². The summed E-state index contributed by atoms with van der Waals surface area (Å²) in [6, 6.07) is 23.3. The van der Waals surface area contributed by atoms with Gasteiger partial charge in [-0.05, 0) is 36.2 Å². The van der Waals surface area contributed by atoms with Crippen LogP contribution in [0.1, 0.15) is 18.0 Å². The molecule has 3 saturated heterocycles. The Kier molecular flexibility index (Phi) is 9.21. The van der Waals surface area contributed by atoms with E-state index in [0.717, 1.165) is 0 Å². The maximum atomic E-state index is 15.0. The molecule has 6 rings (SSSR count). The molecule has 3 amide bonds. The quantitative estimate of drug-likeness (QED) is 0.209. The van der Waals surface area contributed by atoms with Crippen molar-refractivity contribution in [1.82, 2.24) is 4.90 Å². The molecular formula is C36H35BrClN3O5. The van der Waals surface area contributed by atoms with Crippen molar-refractivity contribution in [1.29, 1.82) is 0 Å². The molecule has 3 aliphatic rings. The third-order valence-corrected chi connectivity index (χ3v) is 10.5. The Morgan fingerprint density at radius 3 is 2.22 bits per heavy atom. The molecule has 2 bridgehead atoms. The monoisotopic (exact) mass is 703 g/mol. The summed E-state index contributed by atoms with van der Waals surface area (Å²) in [4.78, 5) is 48.7. The van der Waals surface area contributed by atoms with Gasteiger partial charge in [0.15, 0.2) is 0 Å². The van der Waals surface area contributed by atoms with Crippen LogP contribution in [0.4, 0.5) is 11.4 Å². The summed E-state index contributed by atoms with van der Waals surface area (Å²) in [7, 11) is 0. The average molecular weight is 705 g/mol. The van der Waals surface area contributed by atoms with Crippen molar-refractivity contribution < 1.29 is 24.2 Å². The summed E-state index contributed by atoms with van der Waals surface area (Å²) in [6.45, 7) is 7.62. The maximum absolute atomic E-state index is 15.0. The number of ether oxygens (including phenoxy) is 1. The van der Waals surface area contributed by atoms with Gasteiger partial charge in [-0.25, -0.2) is 0 Å². The minimum Gasteiger partial charge on any atom is -0.394 e. The summed E-state index contributed by atoms with van der Waals surface area (Å²) in [5.74, 6) is -3.00. The topological polar surface area (TPSA) is 90.4 Å². The van der Waals surface area contributed by atoms with E-state index >= 15 is 4.79 Å². The minimum absolute atomic E-state index is 0.113. The van der Waals surface area contributed by atoms with Crippen molar-refractivity contribution in [2.45, 2.75) is 35.0 Å². The van der Waals surface area contributed by atoms with Crippen LogP contribution >= 0.6 is 27.5 Å². The lowest BCUT2D eigenvalue weighted by Crippen LogP contribution is -2.58. The molecule has 3 fully saturated rings. The van der Waals surface area contributed by atoms with Gasteiger partial charge in [-0.15, -0.1) is 13.2 Å². The summed E-state index contributed by atoms with van der Waals surface area (Å²) in [6.07, 6.45) is 2.89. The number of halogens is 2. The molecule has 8 nitrogen and oxygen atoms in total. The van der Waals surface area contributed by atoms with Gasteiger partial charge in [0.25, 0.3) is 5.91 Å². The Hall–Kier alpha value is -3.76. The van der Waals surface area contributed by atoms with Gasteiger partial charge in [-0.3, -0.25) is 14.4 Å². The number of alkyl halides is 1. The van der Waals surface area contributed by atoms with Gasteiger partial charge in [-0.2, -0.15) is 0 Å². The maximum Gasteiger partial charge on any atom is 0.253 e. The third kappa shape index (κ3) is 5.19. The number of aliphatic hydroxyl groups excluding tert-OH is 1. The largest absolute Gasteiger partial charge is 0.394 e. The second-order valence-electron chi connectivity index (χ2n) is 11.8. The number of carbonyl (C=O) groups is 3. The first-order valence-corrected chi connectivity index (χ1v) is 16.5. The van der Waals surface area contributed by atoms with E-state index in [0.29, 0.717) is 28.4 Å². The SMILES string of the molecule is C=CCN(C(=O)[C@H]1[C@@H]2OC3(CC2Br)C(C(=O)N(CC=C)c2ccccc2Cl)N([C@H](CO)c2ccccc2)C(=O)[C@H]13)c1ccccc1. The molecule has 1 spiro atoms. The molecule has 3 unspecified atom stereocenters. The highest BCUT2D eigenvalue weighted by Crippen LogP contribution is 2.61. The fourth-order valence-electron chi connectivity index (χ4n) is 7.49. The molecule has 0 aliphatic carbocycles. The zero-order valence-corrected chi connectivity index (χ0v) is 27.5. The van der Waals surface area contributed by atoms with E-state index in [-0.39, 0.29) is 23.8 Å². The number of amides is 3. The molecule has 46 heavy (non-hydrogen) atoms. The molecule has 3 aromatic carbocycles.